The second-order valence-corrected chi connectivity index (χ2v) is 4.66. The Labute approximate surface area is 102 Å². The van der Waals surface area contributed by atoms with E-state index in [9.17, 15) is 9.59 Å². The van der Waals surface area contributed by atoms with Gasteiger partial charge in [-0.05, 0) is 31.8 Å². The standard InChI is InChI=1S/C12H22N2O3/c1-2-3-4-10(12(16)17)14-11(15)7-9-5-6-13-8-9/h9-10,13H,2-8H2,1H3,(H,14,15)(H,16,17)/t9?,10-/m0/s1. The van der Waals surface area contributed by atoms with E-state index in [-0.39, 0.29) is 5.91 Å². The van der Waals surface area contributed by atoms with Crippen molar-refractivity contribution in [3.05, 3.63) is 0 Å². The molecular weight excluding hydrogens is 220 g/mol. The molecule has 0 aromatic rings. The highest BCUT2D eigenvalue weighted by Crippen LogP contribution is 2.12. The zero-order valence-electron chi connectivity index (χ0n) is 10.4. The monoisotopic (exact) mass is 242 g/mol. The van der Waals surface area contributed by atoms with Crippen LogP contribution in [0.2, 0.25) is 0 Å². The minimum absolute atomic E-state index is 0.137. The lowest BCUT2D eigenvalue weighted by Gasteiger charge is -2.15. The average Bonchev–Trinajstić information content (AvgIpc) is 2.76. The molecule has 2 atom stereocenters. The second kappa shape index (κ2) is 7.27. The Morgan fingerprint density at radius 1 is 1.53 bits per heavy atom. The van der Waals surface area contributed by atoms with Gasteiger partial charge in [0.1, 0.15) is 6.04 Å². The summed E-state index contributed by atoms with van der Waals surface area (Å²) < 4.78 is 0. The van der Waals surface area contributed by atoms with Crippen LogP contribution in [0.25, 0.3) is 0 Å². The first-order chi connectivity index (χ1) is 8.13. The average molecular weight is 242 g/mol. The summed E-state index contributed by atoms with van der Waals surface area (Å²) in [6, 6.07) is -0.725. The third-order valence-corrected chi connectivity index (χ3v) is 3.12. The van der Waals surface area contributed by atoms with E-state index in [1.54, 1.807) is 0 Å². The predicted molar refractivity (Wildman–Crippen MR) is 64.7 cm³/mol. The highest BCUT2D eigenvalue weighted by Gasteiger charge is 2.22. The Kier molecular flexibility index (Phi) is 5.97. The van der Waals surface area contributed by atoms with Crippen molar-refractivity contribution < 1.29 is 14.7 Å². The lowest BCUT2D eigenvalue weighted by molar-refractivity contribution is -0.142. The number of carbonyl (C=O) groups is 2. The van der Waals surface area contributed by atoms with Gasteiger partial charge in [0.2, 0.25) is 5.91 Å². The van der Waals surface area contributed by atoms with Gasteiger partial charge in [0.05, 0.1) is 0 Å². The minimum atomic E-state index is -0.934. The summed E-state index contributed by atoms with van der Waals surface area (Å²) in [5, 5.41) is 14.8. The molecule has 0 radical (unpaired) electrons. The number of carboxylic acid groups (broad SMARTS) is 1. The van der Waals surface area contributed by atoms with E-state index >= 15 is 0 Å². The number of aliphatic carboxylic acids is 1. The van der Waals surface area contributed by atoms with Crippen molar-refractivity contribution in [2.45, 2.75) is 45.1 Å². The fourth-order valence-electron chi connectivity index (χ4n) is 2.07. The Balaban J connectivity index is 2.32. The largest absolute Gasteiger partial charge is 0.480 e. The molecule has 1 heterocycles. The van der Waals surface area contributed by atoms with Crippen LogP contribution < -0.4 is 10.6 Å². The zero-order chi connectivity index (χ0) is 12.7. The summed E-state index contributed by atoms with van der Waals surface area (Å²) in [5.41, 5.74) is 0. The van der Waals surface area contributed by atoms with Gasteiger partial charge in [-0.15, -0.1) is 0 Å². The highest BCUT2D eigenvalue weighted by molar-refractivity contribution is 5.83. The van der Waals surface area contributed by atoms with Gasteiger partial charge in [-0.3, -0.25) is 4.79 Å². The van der Waals surface area contributed by atoms with Gasteiger partial charge >= 0.3 is 5.97 Å². The molecule has 1 amide bonds. The van der Waals surface area contributed by atoms with E-state index < -0.39 is 12.0 Å². The van der Waals surface area contributed by atoms with E-state index in [4.69, 9.17) is 5.11 Å². The van der Waals surface area contributed by atoms with Crippen LogP contribution in [-0.2, 0) is 9.59 Å². The summed E-state index contributed by atoms with van der Waals surface area (Å²) >= 11 is 0. The highest BCUT2D eigenvalue weighted by atomic mass is 16.4. The van der Waals surface area contributed by atoms with Crippen LogP contribution in [0, 0.1) is 5.92 Å². The molecule has 1 unspecified atom stereocenters. The lowest BCUT2D eigenvalue weighted by atomic mass is 10.0. The van der Waals surface area contributed by atoms with Gasteiger partial charge < -0.3 is 15.7 Å². The molecule has 1 fully saturated rings. The third-order valence-electron chi connectivity index (χ3n) is 3.12. The molecule has 0 aromatic carbocycles. The predicted octanol–water partition coefficient (Wildman–Crippen LogP) is 0.746. The summed E-state index contributed by atoms with van der Waals surface area (Å²) in [6.45, 7) is 3.82. The van der Waals surface area contributed by atoms with E-state index in [0.29, 0.717) is 18.8 Å². The number of unbranched alkanes of at least 4 members (excludes halogenated alkanes) is 1. The van der Waals surface area contributed by atoms with Crippen LogP contribution >= 0.6 is 0 Å². The molecule has 0 spiro atoms. The molecule has 0 aliphatic carbocycles. The van der Waals surface area contributed by atoms with Gasteiger partial charge in [-0.1, -0.05) is 19.8 Å². The minimum Gasteiger partial charge on any atom is -0.480 e. The molecule has 1 aliphatic rings. The van der Waals surface area contributed by atoms with Gasteiger partial charge in [-0.2, -0.15) is 0 Å². The summed E-state index contributed by atoms with van der Waals surface area (Å²) in [5.74, 6) is -0.714. The number of amides is 1. The topological polar surface area (TPSA) is 78.4 Å². The molecule has 3 N–H and O–H groups in total. The second-order valence-electron chi connectivity index (χ2n) is 4.66. The number of carbonyl (C=O) groups excluding carboxylic acids is 1. The summed E-state index contributed by atoms with van der Waals surface area (Å²) in [6.07, 6.45) is 3.71. The Morgan fingerprint density at radius 3 is 2.82 bits per heavy atom. The Hall–Kier alpha value is -1.10. The fraction of sp³-hybridized carbons (Fsp3) is 0.833. The molecule has 0 aromatic heterocycles. The van der Waals surface area contributed by atoms with Crippen LogP contribution in [0.3, 0.4) is 0 Å². The molecule has 5 nitrogen and oxygen atoms in total. The van der Waals surface area contributed by atoms with Crippen molar-refractivity contribution >= 4 is 11.9 Å². The molecule has 0 saturated carbocycles. The van der Waals surface area contributed by atoms with Crippen molar-refractivity contribution in [2.24, 2.45) is 5.92 Å². The number of rotatable bonds is 7. The Morgan fingerprint density at radius 2 is 2.29 bits per heavy atom. The van der Waals surface area contributed by atoms with E-state index in [2.05, 4.69) is 10.6 Å². The molecule has 1 aliphatic heterocycles. The van der Waals surface area contributed by atoms with Crippen molar-refractivity contribution in [2.75, 3.05) is 13.1 Å². The van der Waals surface area contributed by atoms with E-state index in [1.165, 1.54) is 0 Å². The first-order valence-corrected chi connectivity index (χ1v) is 6.36. The Bertz CT molecular complexity index is 262. The number of carboxylic acids is 1. The molecular formula is C12H22N2O3. The van der Waals surface area contributed by atoms with E-state index in [0.717, 1.165) is 32.4 Å². The van der Waals surface area contributed by atoms with Gasteiger partial charge in [-0.25, -0.2) is 4.79 Å². The normalized spacial score (nSPS) is 21.1. The van der Waals surface area contributed by atoms with E-state index in [1.807, 2.05) is 6.92 Å². The third kappa shape index (κ3) is 5.17. The van der Waals surface area contributed by atoms with Gasteiger partial charge in [0, 0.05) is 6.42 Å². The molecule has 1 rings (SSSR count). The molecule has 0 bridgehead atoms. The fourth-order valence-corrected chi connectivity index (χ4v) is 2.07. The molecule has 17 heavy (non-hydrogen) atoms. The van der Waals surface area contributed by atoms with Crippen LogP contribution in [0.1, 0.15) is 39.0 Å². The van der Waals surface area contributed by atoms with Crippen molar-refractivity contribution in [1.82, 2.24) is 10.6 Å². The van der Waals surface area contributed by atoms with Gasteiger partial charge in [0.15, 0.2) is 0 Å². The smallest absolute Gasteiger partial charge is 0.326 e. The first-order valence-electron chi connectivity index (χ1n) is 6.36. The maximum atomic E-state index is 11.7. The number of hydrogen-bond acceptors (Lipinski definition) is 3. The number of hydrogen-bond donors (Lipinski definition) is 3. The molecule has 5 heteroatoms. The van der Waals surface area contributed by atoms with Crippen LogP contribution in [0.4, 0.5) is 0 Å². The summed E-state index contributed by atoms with van der Waals surface area (Å²) in [4.78, 5) is 22.6. The van der Waals surface area contributed by atoms with Crippen LogP contribution in [-0.4, -0.2) is 36.1 Å². The lowest BCUT2D eigenvalue weighted by Crippen LogP contribution is -2.41. The van der Waals surface area contributed by atoms with Crippen molar-refractivity contribution in [1.29, 1.82) is 0 Å². The molecule has 1 saturated heterocycles. The molecule has 98 valence electrons. The maximum absolute atomic E-state index is 11.7. The van der Waals surface area contributed by atoms with Crippen LogP contribution in [0.5, 0.6) is 0 Å². The summed E-state index contributed by atoms with van der Waals surface area (Å²) in [7, 11) is 0. The maximum Gasteiger partial charge on any atom is 0.326 e. The quantitative estimate of drug-likeness (QED) is 0.615. The zero-order valence-corrected chi connectivity index (χ0v) is 10.4. The van der Waals surface area contributed by atoms with Gasteiger partial charge in [0.25, 0.3) is 0 Å². The van der Waals surface area contributed by atoms with Crippen molar-refractivity contribution in [3.8, 4) is 0 Å². The SMILES string of the molecule is CCCC[C@H](NC(=O)CC1CCNC1)C(=O)O. The van der Waals surface area contributed by atoms with Crippen molar-refractivity contribution in [3.63, 3.8) is 0 Å². The number of nitrogens with one attached hydrogen (secondary N) is 2. The van der Waals surface area contributed by atoms with Crippen LogP contribution in [0.15, 0.2) is 0 Å². The first kappa shape index (κ1) is 14.0.